The van der Waals surface area contributed by atoms with E-state index in [1.54, 1.807) is 12.0 Å². The molecule has 0 radical (unpaired) electrons. The van der Waals surface area contributed by atoms with Crippen LogP contribution in [-0.4, -0.2) is 95.6 Å². The summed E-state index contributed by atoms with van der Waals surface area (Å²) in [5.74, 6) is 1.04. The van der Waals surface area contributed by atoms with Crippen molar-refractivity contribution >= 4 is 5.91 Å². The van der Waals surface area contributed by atoms with Gasteiger partial charge in [-0.3, -0.25) is 14.5 Å². The quantitative estimate of drug-likeness (QED) is 0.344. The van der Waals surface area contributed by atoms with Gasteiger partial charge in [-0.15, -0.1) is 0 Å². The van der Waals surface area contributed by atoms with Crippen LogP contribution < -0.4 is 5.32 Å². The molecule has 5 rings (SSSR count). The van der Waals surface area contributed by atoms with Gasteiger partial charge in [-0.05, 0) is 73.6 Å². The lowest BCUT2D eigenvalue weighted by Crippen LogP contribution is -2.62. The number of aliphatic hydroxyl groups is 2. The normalized spacial score (nSPS) is 31.8. The number of hydrogen-bond donors (Lipinski definition) is 3. The van der Waals surface area contributed by atoms with Gasteiger partial charge in [0.1, 0.15) is 12.1 Å². The number of hydrogen-bond acceptors (Lipinski definition) is 7. The molecule has 1 saturated heterocycles. The van der Waals surface area contributed by atoms with Crippen LogP contribution in [0.2, 0.25) is 0 Å². The molecule has 4 aliphatic rings. The number of nitrogens with zero attached hydrogens (tertiary/aromatic N) is 3. The molecule has 8 heteroatoms. The lowest BCUT2D eigenvalue weighted by molar-refractivity contribution is -0.183. The zero-order valence-electron chi connectivity index (χ0n) is 27.6. The molecule has 4 fully saturated rings. The number of likely N-dealkylation sites (N-methyl/N-ethyl adjacent to an activating group) is 1. The summed E-state index contributed by atoms with van der Waals surface area (Å²) in [6, 6.07) is 7.95. The number of carbonyl (C=O) groups excluding carboxylic acids is 1. The lowest BCUT2D eigenvalue weighted by atomic mass is 9.45. The van der Waals surface area contributed by atoms with Crippen LogP contribution in [-0.2, 0) is 22.7 Å². The minimum atomic E-state index is -0.798. The number of amides is 1. The Hall–Kier alpha value is -1.55. The molecule has 3 aliphatic carbocycles. The molecule has 0 unspecified atom stereocenters. The van der Waals surface area contributed by atoms with E-state index in [0.717, 1.165) is 38.2 Å². The smallest absolute Gasteiger partial charge is 0.240 e. The van der Waals surface area contributed by atoms with Crippen molar-refractivity contribution in [3.63, 3.8) is 0 Å². The number of carbonyl (C=O) groups is 1. The van der Waals surface area contributed by atoms with E-state index in [1.807, 2.05) is 0 Å². The number of nitrogens with one attached hydrogen (secondary N) is 1. The summed E-state index contributed by atoms with van der Waals surface area (Å²) in [6.07, 6.45) is 0.815. The highest BCUT2D eigenvalue weighted by molar-refractivity contribution is 5.82. The fraction of sp³-hybridized carbons (Fsp3) is 0.794. The topological polar surface area (TPSA) is 88.5 Å². The Bertz CT molecular complexity index is 1050. The van der Waals surface area contributed by atoms with Crippen LogP contribution in [0.1, 0.15) is 72.4 Å². The van der Waals surface area contributed by atoms with Gasteiger partial charge >= 0.3 is 0 Å². The number of aliphatic hydroxyl groups excluding tert-OH is 2. The van der Waals surface area contributed by atoms with E-state index in [4.69, 9.17) is 4.84 Å². The molecule has 238 valence electrons. The first kappa shape index (κ1) is 33.3. The highest BCUT2D eigenvalue weighted by Gasteiger charge is 2.57. The van der Waals surface area contributed by atoms with Crippen molar-refractivity contribution in [2.24, 2.45) is 34.5 Å². The van der Waals surface area contributed by atoms with E-state index in [-0.39, 0.29) is 24.0 Å². The predicted octanol–water partition coefficient (Wildman–Crippen LogP) is 3.76. The summed E-state index contributed by atoms with van der Waals surface area (Å²) in [5, 5.41) is 26.0. The van der Waals surface area contributed by atoms with Crippen LogP contribution in [0.4, 0.5) is 0 Å². The predicted molar refractivity (Wildman–Crippen MR) is 167 cm³/mol. The molecule has 0 aromatic heterocycles. The highest BCUT2D eigenvalue weighted by atomic mass is 16.7. The van der Waals surface area contributed by atoms with Crippen molar-refractivity contribution in [3.8, 4) is 0 Å². The standard InChI is InChI=1S/C34H58N4O4/c1-22-27-16-26(34(27,6)7)17-28(22)35-32(41)31-30(23(2)40)29(20-39)42-38(31)19-25-12-10-11-24(15-25)18-37(14-13-36(8)9)21-33(3,4)5/h10-12,15,22-23,26-31,39-40H,13-14,16-21H2,1-9H3,(H,35,41)/t22-,23-,26-,27+,28-,29-,30+,31-/m0/s1. The second-order valence-corrected chi connectivity index (χ2v) is 15.6. The Morgan fingerprint density at radius 1 is 1.19 bits per heavy atom. The lowest BCUT2D eigenvalue weighted by Gasteiger charge is -2.62. The van der Waals surface area contributed by atoms with Crippen molar-refractivity contribution in [2.75, 3.05) is 40.3 Å². The van der Waals surface area contributed by atoms with Gasteiger partial charge in [-0.1, -0.05) is 65.8 Å². The Labute approximate surface area is 254 Å². The molecule has 8 nitrogen and oxygen atoms in total. The zero-order chi connectivity index (χ0) is 31.0. The molecule has 3 saturated carbocycles. The highest BCUT2D eigenvalue weighted by Crippen LogP contribution is 2.61. The Morgan fingerprint density at radius 3 is 2.45 bits per heavy atom. The summed E-state index contributed by atoms with van der Waals surface area (Å²) in [6.45, 7) is 19.5. The zero-order valence-corrected chi connectivity index (χ0v) is 27.6. The maximum Gasteiger partial charge on any atom is 0.240 e. The fourth-order valence-corrected chi connectivity index (χ4v) is 7.98. The third-order valence-corrected chi connectivity index (χ3v) is 10.4. The molecule has 42 heavy (non-hydrogen) atoms. The summed E-state index contributed by atoms with van der Waals surface area (Å²) in [7, 11) is 4.22. The van der Waals surface area contributed by atoms with Crippen LogP contribution in [0.5, 0.6) is 0 Å². The van der Waals surface area contributed by atoms with Gasteiger partial charge < -0.3 is 20.4 Å². The number of benzene rings is 1. The van der Waals surface area contributed by atoms with Gasteiger partial charge in [0.2, 0.25) is 5.91 Å². The molecule has 0 spiro atoms. The SMILES string of the molecule is C[C@@H]1[C@@H](NC(=O)[C@@H]2[C@H]([C@H](C)O)[C@H](CO)ON2Cc2cccc(CN(CCN(C)C)CC(C)(C)C)c2)C[C@@H]2C[C@H]1C2(C)C. The maximum absolute atomic E-state index is 14.0. The van der Waals surface area contributed by atoms with E-state index in [0.29, 0.717) is 29.7 Å². The van der Waals surface area contributed by atoms with Crippen molar-refractivity contribution in [3.05, 3.63) is 35.4 Å². The van der Waals surface area contributed by atoms with Gasteiger partial charge in [-0.2, -0.15) is 5.06 Å². The van der Waals surface area contributed by atoms with Crippen molar-refractivity contribution in [2.45, 2.75) is 98.7 Å². The fourth-order valence-electron chi connectivity index (χ4n) is 7.98. The molecular formula is C34H58N4O4. The van der Waals surface area contributed by atoms with Crippen molar-refractivity contribution in [1.82, 2.24) is 20.2 Å². The summed E-state index contributed by atoms with van der Waals surface area (Å²) < 4.78 is 0. The van der Waals surface area contributed by atoms with E-state index >= 15 is 0 Å². The monoisotopic (exact) mass is 586 g/mol. The second kappa shape index (κ2) is 13.2. The number of hydroxylamine groups is 2. The largest absolute Gasteiger partial charge is 0.394 e. The van der Waals surface area contributed by atoms with Gasteiger partial charge in [-0.25, -0.2) is 0 Å². The van der Waals surface area contributed by atoms with E-state index in [2.05, 4.69) is 95.0 Å². The van der Waals surface area contributed by atoms with Crippen LogP contribution in [0.25, 0.3) is 0 Å². The molecule has 1 aromatic carbocycles. The van der Waals surface area contributed by atoms with Crippen molar-refractivity contribution in [1.29, 1.82) is 0 Å². The third-order valence-electron chi connectivity index (χ3n) is 10.4. The molecule has 1 aromatic rings. The first-order valence-electron chi connectivity index (χ1n) is 16.1. The van der Waals surface area contributed by atoms with E-state index in [1.165, 1.54) is 12.0 Å². The average molecular weight is 587 g/mol. The minimum absolute atomic E-state index is 0.107. The van der Waals surface area contributed by atoms with Gasteiger partial charge in [0.15, 0.2) is 0 Å². The summed E-state index contributed by atoms with van der Waals surface area (Å²) in [4.78, 5) is 24.9. The summed E-state index contributed by atoms with van der Waals surface area (Å²) >= 11 is 0. The minimum Gasteiger partial charge on any atom is -0.394 e. The van der Waals surface area contributed by atoms with Crippen LogP contribution >= 0.6 is 0 Å². The second-order valence-electron chi connectivity index (χ2n) is 15.6. The molecule has 1 aliphatic heterocycles. The maximum atomic E-state index is 14.0. The van der Waals surface area contributed by atoms with Gasteiger partial charge in [0.25, 0.3) is 0 Å². The molecule has 3 N–H and O–H groups in total. The molecule has 2 bridgehead atoms. The van der Waals surface area contributed by atoms with Gasteiger partial charge in [0.05, 0.1) is 19.3 Å². The Balaban J connectivity index is 1.50. The number of rotatable bonds is 12. The first-order valence-corrected chi connectivity index (χ1v) is 16.1. The van der Waals surface area contributed by atoms with Gasteiger partial charge in [0, 0.05) is 38.1 Å². The number of fused-ring (bicyclic) bond motifs is 2. The van der Waals surface area contributed by atoms with E-state index in [9.17, 15) is 15.0 Å². The molecule has 1 heterocycles. The van der Waals surface area contributed by atoms with Crippen LogP contribution in [0.3, 0.4) is 0 Å². The Kier molecular flexibility index (Phi) is 10.5. The van der Waals surface area contributed by atoms with Crippen molar-refractivity contribution < 1.29 is 19.8 Å². The third kappa shape index (κ3) is 7.56. The first-order chi connectivity index (χ1) is 19.6. The molecular weight excluding hydrogens is 528 g/mol. The Morgan fingerprint density at radius 2 is 1.88 bits per heavy atom. The van der Waals surface area contributed by atoms with E-state index < -0.39 is 24.2 Å². The van der Waals surface area contributed by atoms with Crippen LogP contribution in [0.15, 0.2) is 24.3 Å². The average Bonchev–Trinajstić information content (AvgIpc) is 3.26. The van der Waals surface area contributed by atoms with Crippen LogP contribution in [0, 0.1) is 34.5 Å². The molecule has 1 amide bonds. The summed E-state index contributed by atoms with van der Waals surface area (Å²) in [5.41, 5.74) is 2.80. The molecule has 8 atom stereocenters.